The number of hydrogen-bond donors (Lipinski definition) is 2. The maximum atomic E-state index is 12.3. The van der Waals surface area contributed by atoms with Crippen LogP contribution in [0.5, 0.6) is 0 Å². The number of aryl methyl sites for hydroxylation is 1. The number of rotatable bonds is 5. The summed E-state index contributed by atoms with van der Waals surface area (Å²) in [4.78, 5) is 2.60. The number of aliphatic hydroxyl groups is 1. The second-order valence-electron chi connectivity index (χ2n) is 5.77. The van der Waals surface area contributed by atoms with Gasteiger partial charge in [-0.25, -0.2) is 13.1 Å². The molecule has 1 unspecified atom stereocenters. The molecule has 0 amide bonds. The predicted molar refractivity (Wildman–Crippen MR) is 74.7 cm³/mol. The highest BCUT2D eigenvalue weighted by atomic mass is 32.2. The Morgan fingerprint density at radius 1 is 1.40 bits per heavy atom. The zero-order valence-corrected chi connectivity index (χ0v) is 12.4. The molecule has 1 aliphatic carbocycles. The lowest BCUT2D eigenvalue weighted by Gasteiger charge is -2.15. The molecule has 112 valence electrons. The van der Waals surface area contributed by atoms with Crippen LogP contribution >= 0.6 is 0 Å². The van der Waals surface area contributed by atoms with E-state index in [1.165, 1.54) is 18.9 Å². The lowest BCUT2D eigenvalue weighted by atomic mass is 10.3. The van der Waals surface area contributed by atoms with Crippen molar-refractivity contribution in [3.05, 3.63) is 18.0 Å². The molecule has 1 aromatic heterocycles. The fraction of sp³-hybridized carbons (Fsp3) is 0.692. The molecule has 2 fully saturated rings. The van der Waals surface area contributed by atoms with Gasteiger partial charge in [0.2, 0.25) is 10.0 Å². The monoisotopic (exact) mass is 299 g/mol. The Balaban J connectivity index is 1.68. The molecule has 1 atom stereocenters. The van der Waals surface area contributed by atoms with E-state index in [1.54, 1.807) is 17.8 Å². The Labute approximate surface area is 119 Å². The quantitative estimate of drug-likeness (QED) is 0.804. The fourth-order valence-corrected chi connectivity index (χ4v) is 4.18. The van der Waals surface area contributed by atoms with E-state index in [1.807, 2.05) is 0 Å². The SMILES string of the molecule is Cn1cc(S(=O)(=O)NC2CCN(C3CC3)C2)cc1CO. The molecule has 0 aromatic carbocycles. The van der Waals surface area contributed by atoms with Gasteiger partial charge in [0, 0.05) is 44.1 Å². The van der Waals surface area contributed by atoms with E-state index in [0.29, 0.717) is 11.7 Å². The first-order chi connectivity index (χ1) is 9.49. The van der Waals surface area contributed by atoms with Gasteiger partial charge >= 0.3 is 0 Å². The predicted octanol–water partition coefficient (Wildman–Crippen LogP) is 0.0324. The summed E-state index contributed by atoms with van der Waals surface area (Å²) in [6.07, 6.45) is 4.91. The zero-order chi connectivity index (χ0) is 14.3. The minimum Gasteiger partial charge on any atom is -0.390 e. The van der Waals surface area contributed by atoms with Gasteiger partial charge in [-0.3, -0.25) is 4.90 Å². The van der Waals surface area contributed by atoms with Gasteiger partial charge < -0.3 is 9.67 Å². The Hall–Kier alpha value is -0.890. The average molecular weight is 299 g/mol. The molecule has 20 heavy (non-hydrogen) atoms. The minimum absolute atomic E-state index is 0.00150. The van der Waals surface area contributed by atoms with E-state index in [-0.39, 0.29) is 17.5 Å². The van der Waals surface area contributed by atoms with Crippen LogP contribution in [0.4, 0.5) is 0 Å². The Morgan fingerprint density at radius 2 is 2.15 bits per heavy atom. The van der Waals surface area contributed by atoms with Crippen molar-refractivity contribution < 1.29 is 13.5 Å². The van der Waals surface area contributed by atoms with Crippen molar-refractivity contribution in [1.82, 2.24) is 14.2 Å². The van der Waals surface area contributed by atoms with E-state index in [2.05, 4.69) is 9.62 Å². The third kappa shape index (κ3) is 2.76. The minimum atomic E-state index is -3.49. The smallest absolute Gasteiger partial charge is 0.242 e. The summed E-state index contributed by atoms with van der Waals surface area (Å²) in [5, 5.41) is 9.14. The summed E-state index contributed by atoms with van der Waals surface area (Å²) in [7, 11) is -1.76. The van der Waals surface area contributed by atoms with Gasteiger partial charge in [0.25, 0.3) is 0 Å². The van der Waals surface area contributed by atoms with Crippen LogP contribution in [0.2, 0.25) is 0 Å². The highest BCUT2D eigenvalue weighted by molar-refractivity contribution is 7.89. The van der Waals surface area contributed by atoms with Gasteiger partial charge in [-0.2, -0.15) is 0 Å². The van der Waals surface area contributed by atoms with Crippen molar-refractivity contribution >= 4 is 10.0 Å². The summed E-state index contributed by atoms with van der Waals surface area (Å²) in [6, 6.07) is 2.20. The first-order valence-electron chi connectivity index (χ1n) is 7.02. The number of likely N-dealkylation sites (tertiary alicyclic amines) is 1. The van der Waals surface area contributed by atoms with E-state index in [9.17, 15) is 8.42 Å². The number of sulfonamides is 1. The average Bonchev–Trinajstić information content (AvgIpc) is 3.02. The number of nitrogens with one attached hydrogen (secondary N) is 1. The molecule has 0 bridgehead atoms. The molecule has 2 N–H and O–H groups in total. The molecule has 0 spiro atoms. The maximum Gasteiger partial charge on any atom is 0.242 e. The van der Waals surface area contributed by atoms with Crippen LogP contribution in [0.25, 0.3) is 0 Å². The molecule has 2 aliphatic rings. The lowest BCUT2D eigenvalue weighted by molar-refractivity contribution is 0.272. The van der Waals surface area contributed by atoms with Crippen LogP contribution in [0.15, 0.2) is 17.2 Å². The first-order valence-corrected chi connectivity index (χ1v) is 8.50. The van der Waals surface area contributed by atoms with E-state index < -0.39 is 10.0 Å². The molecule has 1 saturated carbocycles. The molecule has 1 saturated heterocycles. The summed E-state index contributed by atoms with van der Waals surface area (Å²) in [5.41, 5.74) is 0.594. The van der Waals surface area contributed by atoms with Gasteiger partial charge in [0.1, 0.15) is 0 Å². The lowest BCUT2D eigenvalue weighted by Crippen LogP contribution is -2.37. The van der Waals surface area contributed by atoms with Crippen molar-refractivity contribution in [1.29, 1.82) is 0 Å². The van der Waals surface area contributed by atoms with Gasteiger partial charge in [0.15, 0.2) is 0 Å². The zero-order valence-electron chi connectivity index (χ0n) is 11.6. The second kappa shape index (κ2) is 5.14. The van der Waals surface area contributed by atoms with Crippen molar-refractivity contribution in [3.63, 3.8) is 0 Å². The molecule has 0 radical (unpaired) electrons. The van der Waals surface area contributed by atoms with Crippen LogP contribution < -0.4 is 4.72 Å². The number of aromatic nitrogens is 1. The number of nitrogens with zero attached hydrogens (tertiary/aromatic N) is 2. The molecule has 1 aromatic rings. The van der Waals surface area contributed by atoms with Crippen molar-refractivity contribution in [2.45, 2.75) is 42.8 Å². The third-order valence-electron chi connectivity index (χ3n) is 4.16. The summed E-state index contributed by atoms with van der Waals surface area (Å²) in [6.45, 7) is 1.63. The summed E-state index contributed by atoms with van der Waals surface area (Å²) >= 11 is 0. The van der Waals surface area contributed by atoms with Crippen LogP contribution in [0, 0.1) is 0 Å². The molecular formula is C13H21N3O3S. The third-order valence-corrected chi connectivity index (χ3v) is 5.65. The summed E-state index contributed by atoms with van der Waals surface area (Å²) in [5.74, 6) is 0. The molecule has 6 nitrogen and oxygen atoms in total. The van der Waals surface area contributed by atoms with E-state index >= 15 is 0 Å². The molecule has 3 rings (SSSR count). The van der Waals surface area contributed by atoms with Gasteiger partial charge in [0.05, 0.1) is 11.5 Å². The van der Waals surface area contributed by atoms with Crippen molar-refractivity contribution in [3.8, 4) is 0 Å². The Bertz CT molecular complexity index is 592. The van der Waals surface area contributed by atoms with Gasteiger partial charge in [-0.15, -0.1) is 0 Å². The maximum absolute atomic E-state index is 12.3. The van der Waals surface area contributed by atoms with Crippen molar-refractivity contribution in [2.75, 3.05) is 13.1 Å². The highest BCUT2D eigenvalue weighted by Crippen LogP contribution is 2.30. The largest absolute Gasteiger partial charge is 0.390 e. The van der Waals surface area contributed by atoms with Crippen LogP contribution in [0.3, 0.4) is 0 Å². The first kappa shape index (κ1) is 14.1. The molecule has 7 heteroatoms. The number of hydrogen-bond acceptors (Lipinski definition) is 4. The van der Waals surface area contributed by atoms with Crippen LogP contribution in [-0.4, -0.2) is 48.2 Å². The van der Waals surface area contributed by atoms with Crippen molar-refractivity contribution in [2.24, 2.45) is 7.05 Å². The molecule has 2 heterocycles. The summed E-state index contributed by atoms with van der Waals surface area (Å²) < 4.78 is 29.1. The van der Waals surface area contributed by atoms with Gasteiger partial charge in [-0.05, 0) is 25.3 Å². The highest BCUT2D eigenvalue weighted by Gasteiger charge is 2.35. The van der Waals surface area contributed by atoms with Gasteiger partial charge in [-0.1, -0.05) is 0 Å². The topological polar surface area (TPSA) is 74.6 Å². The normalized spacial score (nSPS) is 24.4. The fourth-order valence-electron chi connectivity index (χ4n) is 2.82. The standard InChI is InChI=1S/C13H21N3O3S/c1-15-8-13(6-12(15)9-17)20(18,19)14-10-4-5-16(7-10)11-2-3-11/h6,8,10-11,14,17H,2-5,7,9H2,1H3. The van der Waals surface area contributed by atoms with E-state index in [4.69, 9.17) is 5.11 Å². The van der Waals surface area contributed by atoms with Crippen LogP contribution in [0.1, 0.15) is 25.0 Å². The Kier molecular flexibility index (Phi) is 3.62. The molecule has 1 aliphatic heterocycles. The molecular weight excluding hydrogens is 278 g/mol. The van der Waals surface area contributed by atoms with Crippen LogP contribution in [-0.2, 0) is 23.7 Å². The Morgan fingerprint density at radius 3 is 2.75 bits per heavy atom. The number of aliphatic hydroxyl groups excluding tert-OH is 1. The van der Waals surface area contributed by atoms with E-state index in [0.717, 1.165) is 19.5 Å². The second-order valence-corrected chi connectivity index (χ2v) is 7.48.